The second kappa shape index (κ2) is 12.6. The molecule has 0 aliphatic rings. The molecule has 10 heteroatoms. The number of aromatic nitrogens is 5. The molecule has 0 radical (unpaired) electrons. The first-order chi connectivity index (χ1) is 18.7. The van der Waals surface area contributed by atoms with Gasteiger partial charge in [0.05, 0.1) is 23.3 Å². The Kier molecular flexibility index (Phi) is 8.96. The van der Waals surface area contributed by atoms with E-state index in [1.165, 1.54) is 33.3 Å². The Balaban J connectivity index is 1.64. The Hall–Kier alpha value is -4.21. The van der Waals surface area contributed by atoms with Gasteiger partial charge < -0.3 is 10.1 Å². The second-order valence-corrected chi connectivity index (χ2v) is 10.2. The number of benzene rings is 2. The molecule has 0 aliphatic heterocycles. The van der Waals surface area contributed by atoms with Crippen molar-refractivity contribution < 1.29 is 18.7 Å². The molecule has 0 saturated carbocycles. The molecule has 0 aliphatic carbocycles. The van der Waals surface area contributed by atoms with Crippen molar-refractivity contribution in [3.63, 3.8) is 0 Å². The Morgan fingerprint density at radius 3 is 2.44 bits per heavy atom. The molecule has 0 fully saturated rings. The van der Waals surface area contributed by atoms with Crippen molar-refractivity contribution in [2.75, 3.05) is 0 Å². The number of carbonyl (C=O) groups excluding carboxylic acids is 2. The molecule has 1 amide bonds. The number of ether oxygens (including phenoxy) is 1. The summed E-state index contributed by atoms with van der Waals surface area (Å²) < 4.78 is 20.3. The number of aromatic amines is 1. The number of amides is 1. The zero-order valence-corrected chi connectivity index (χ0v) is 22.3. The largest absolute Gasteiger partial charge is 0.460 e. The first kappa shape index (κ1) is 27.8. The number of nitrogens with one attached hydrogen (secondary N) is 2. The zero-order chi connectivity index (χ0) is 27.8. The molecule has 3 unspecified atom stereocenters. The number of hydrogen-bond acceptors (Lipinski definition) is 7. The standard InChI is InChI=1S/C29H33FN6O3/c1-19(37)39-26(16-21(13-14-29(2,3)30)27-32-18-33-36-27)24(15-20-9-5-4-6-10-20)35-28(38)25-17-31-22-11-7-8-12-23(22)34-25/h4-12,17-18,21,24,26H,13-16H2,1-3H3,(H,35,38)(H,32,33,36). The van der Waals surface area contributed by atoms with Crippen LogP contribution >= 0.6 is 0 Å². The number of esters is 1. The Morgan fingerprint density at radius 2 is 1.77 bits per heavy atom. The van der Waals surface area contributed by atoms with Gasteiger partial charge in [-0.25, -0.2) is 14.4 Å². The molecule has 2 aromatic heterocycles. The smallest absolute Gasteiger partial charge is 0.302 e. The number of para-hydroxylation sites is 2. The molecular weight excluding hydrogens is 499 g/mol. The fourth-order valence-electron chi connectivity index (χ4n) is 4.54. The van der Waals surface area contributed by atoms with E-state index in [-0.39, 0.29) is 18.0 Å². The number of carbonyl (C=O) groups is 2. The number of H-pyrrole nitrogens is 1. The summed E-state index contributed by atoms with van der Waals surface area (Å²) in [5.74, 6) is -0.642. The van der Waals surface area contributed by atoms with Crippen LogP contribution in [0, 0.1) is 0 Å². The van der Waals surface area contributed by atoms with Gasteiger partial charge >= 0.3 is 5.97 Å². The van der Waals surface area contributed by atoms with Crippen LogP contribution in [0.2, 0.25) is 0 Å². The van der Waals surface area contributed by atoms with Crippen LogP contribution in [0.5, 0.6) is 0 Å². The number of fused-ring (bicyclic) bond motifs is 1. The highest BCUT2D eigenvalue weighted by Gasteiger charge is 2.32. The normalized spacial score (nSPS) is 13.9. The van der Waals surface area contributed by atoms with Crippen LogP contribution in [0.3, 0.4) is 0 Å². The molecule has 4 aromatic rings. The summed E-state index contributed by atoms with van der Waals surface area (Å²) >= 11 is 0. The lowest BCUT2D eigenvalue weighted by molar-refractivity contribution is -0.148. The van der Waals surface area contributed by atoms with Crippen LogP contribution in [0.15, 0.2) is 67.1 Å². The van der Waals surface area contributed by atoms with E-state index in [1.54, 1.807) is 6.07 Å². The molecule has 9 nitrogen and oxygen atoms in total. The van der Waals surface area contributed by atoms with Crippen LogP contribution in [0.4, 0.5) is 4.39 Å². The number of alkyl halides is 1. The van der Waals surface area contributed by atoms with Crippen molar-refractivity contribution in [3.05, 3.63) is 84.2 Å². The first-order valence-corrected chi connectivity index (χ1v) is 13.0. The van der Waals surface area contributed by atoms with Crippen LogP contribution < -0.4 is 5.32 Å². The van der Waals surface area contributed by atoms with Crippen LogP contribution in [0.1, 0.15) is 67.8 Å². The summed E-state index contributed by atoms with van der Waals surface area (Å²) in [5, 5.41) is 9.87. The predicted octanol–water partition coefficient (Wildman–Crippen LogP) is 4.72. The molecular formula is C29H33FN6O3. The predicted molar refractivity (Wildman–Crippen MR) is 145 cm³/mol. The van der Waals surface area contributed by atoms with E-state index in [2.05, 4.69) is 30.5 Å². The van der Waals surface area contributed by atoms with Gasteiger partial charge in [-0.3, -0.25) is 19.7 Å². The molecule has 39 heavy (non-hydrogen) atoms. The molecule has 2 heterocycles. The first-order valence-electron chi connectivity index (χ1n) is 13.0. The van der Waals surface area contributed by atoms with Gasteiger partial charge in [0.25, 0.3) is 5.91 Å². The SMILES string of the molecule is CC(=O)OC(CC(CCC(C)(C)F)c1ncn[nH]1)C(Cc1ccccc1)NC(=O)c1cnc2ccccc2n1. The van der Waals surface area contributed by atoms with E-state index in [9.17, 15) is 14.0 Å². The van der Waals surface area contributed by atoms with Gasteiger partial charge in [-0.2, -0.15) is 5.10 Å². The van der Waals surface area contributed by atoms with Crippen LogP contribution in [-0.4, -0.2) is 54.8 Å². The second-order valence-electron chi connectivity index (χ2n) is 10.2. The van der Waals surface area contributed by atoms with E-state index in [0.29, 0.717) is 36.1 Å². The minimum absolute atomic E-state index is 0.152. The van der Waals surface area contributed by atoms with Crippen molar-refractivity contribution in [1.82, 2.24) is 30.5 Å². The summed E-state index contributed by atoms with van der Waals surface area (Å²) in [6, 6.07) is 16.3. The molecule has 0 bridgehead atoms. The molecule has 4 rings (SSSR count). The monoisotopic (exact) mass is 532 g/mol. The topological polar surface area (TPSA) is 123 Å². The minimum atomic E-state index is -1.39. The van der Waals surface area contributed by atoms with Gasteiger partial charge in [0.2, 0.25) is 0 Å². The van der Waals surface area contributed by atoms with Gasteiger partial charge in [0.1, 0.15) is 29.6 Å². The lowest BCUT2D eigenvalue weighted by Crippen LogP contribution is -2.47. The van der Waals surface area contributed by atoms with Gasteiger partial charge in [0.15, 0.2) is 0 Å². The van der Waals surface area contributed by atoms with Crippen molar-refractivity contribution >= 4 is 22.9 Å². The van der Waals surface area contributed by atoms with E-state index >= 15 is 0 Å². The van der Waals surface area contributed by atoms with Crippen LogP contribution in [-0.2, 0) is 16.0 Å². The average Bonchev–Trinajstić information content (AvgIpc) is 3.44. The zero-order valence-electron chi connectivity index (χ0n) is 22.3. The lowest BCUT2D eigenvalue weighted by Gasteiger charge is -2.30. The van der Waals surface area contributed by atoms with Gasteiger partial charge in [-0.05, 0) is 57.2 Å². The van der Waals surface area contributed by atoms with Gasteiger partial charge in [-0.15, -0.1) is 0 Å². The fourth-order valence-corrected chi connectivity index (χ4v) is 4.54. The highest BCUT2D eigenvalue weighted by molar-refractivity contribution is 5.94. The van der Waals surface area contributed by atoms with E-state index in [0.717, 1.165) is 5.56 Å². The van der Waals surface area contributed by atoms with Crippen molar-refractivity contribution in [1.29, 1.82) is 0 Å². The molecule has 0 spiro atoms. The van der Waals surface area contributed by atoms with E-state index < -0.39 is 29.7 Å². The maximum absolute atomic E-state index is 14.5. The fraction of sp³-hybridized carbons (Fsp3) is 0.379. The molecule has 0 saturated heterocycles. The van der Waals surface area contributed by atoms with Gasteiger partial charge in [0, 0.05) is 12.8 Å². The summed E-state index contributed by atoms with van der Waals surface area (Å²) in [5.41, 5.74) is 0.991. The number of rotatable bonds is 12. The molecule has 204 valence electrons. The van der Waals surface area contributed by atoms with Crippen LogP contribution in [0.25, 0.3) is 11.0 Å². The molecule has 2 N–H and O–H groups in total. The number of hydrogen-bond donors (Lipinski definition) is 2. The highest BCUT2D eigenvalue weighted by Crippen LogP contribution is 2.30. The quantitative estimate of drug-likeness (QED) is 0.253. The lowest BCUT2D eigenvalue weighted by atomic mass is 9.87. The Labute approximate surface area is 226 Å². The van der Waals surface area contributed by atoms with E-state index in [4.69, 9.17) is 4.74 Å². The number of halogens is 1. The van der Waals surface area contributed by atoms with Crippen molar-refractivity contribution in [2.24, 2.45) is 0 Å². The van der Waals surface area contributed by atoms with E-state index in [1.807, 2.05) is 48.5 Å². The molecule has 2 aromatic carbocycles. The third-order valence-electron chi connectivity index (χ3n) is 6.49. The summed E-state index contributed by atoms with van der Waals surface area (Å²) in [6.45, 7) is 4.38. The third kappa shape index (κ3) is 8.13. The Bertz CT molecular complexity index is 1370. The van der Waals surface area contributed by atoms with Crippen molar-refractivity contribution in [3.8, 4) is 0 Å². The van der Waals surface area contributed by atoms with Crippen molar-refractivity contribution in [2.45, 2.75) is 70.2 Å². The summed E-state index contributed by atoms with van der Waals surface area (Å²) in [7, 11) is 0. The average molecular weight is 533 g/mol. The minimum Gasteiger partial charge on any atom is -0.460 e. The summed E-state index contributed by atoms with van der Waals surface area (Å²) in [4.78, 5) is 38.8. The molecule has 3 atom stereocenters. The maximum Gasteiger partial charge on any atom is 0.302 e. The van der Waals surface area contributed by atoms with Gasteiger partial charge in [-0.1, -0.05) is 42.5 Å². The Morgan fingerprint density at radius 1 is 1.05 bits per heavy atom. The highest BCUT2D eigenvalue weighted by atomic mass is 19.1. The third-order valence-corrected chi connectivity index (χ3v) is 6.49. The number of nitrogens with zero attached hydrogens (tertiary/aromatic N) is 4. The maximum atomic E-state index is 14.5. The summed E-state index contributed by atoms with van der Waals surface area (Å²) in [6.07, 6.45) is 3.49.